The van der Waals surface area contributed by atoms with E-state index in [0.717, 1.165) is 5.56 Å². The minimum absolute atomic E-state index is 0.0416. The lowest BCUT2D eigenvalue weighted by Crippen LogP contribution is -2.17. The lowest BCUT2D eigenvalue weighted by molar-refractivity contribution is 0.0598. The summed E-state index contributed by atoms with van der Waals surface area (Å²) in [6, 6.07) is 9.65. The molecule has 0 saturated carbocycles. The van der Waals surface area contributed by atoms with Gasteiger partial charge in [-0.05, 0) is 46.1 Å². The van der Waals surface area contributed by atoms with Gasteiger partial charge >= 0.3 is 5.97 Å². The number of rotatable bonds is 6. The third-order valence-electron chi connectivity index (χ3n) is 3.58. The zero-order chi connectivity index (χ0) is 18.6. The van der Waals surface area contributed by atoms with Crippen molar-refractivity contribution in [2.24, 2.45) is 0 Å². The molecule has 0 unspecified atom stereocenters. The minimum Gasteiger partial charge on any atom is -0.495 e. The molecule has 2 aromatic rings. The van der Waals surface area contributed by atoms with Crippen LogP contribution in [0.25, 0.3) is 0 Å². The van der Waals surface area contributed by atoms with E-state index < -0.39 is 16.0 Å². The summed E-state index contributed by atoms with van der Waals surface area (Å²) < 4.78 is 38.4. The number of hydrogen-bond acceptors (Lipinski definition) is 5. The molecule has 0 fully saturated rings. The number of anilines is 1. The van der Waals surface area contributed by atoms with E-state index in [0.29, 0.717) is 16.6 Å². The van der Waals surface area contributed by atoms with Gasteiger partial charge in [-0.1, -0.05) is 25.1 Å². The number of carbonyl (C=O) groups is 1. The van der Waals surface area contributed by atoms with Crippen LogP contribution in [0, 0.1) is 0 Å². The van der Waals surface area contributed by atoms with Crippen LogP contribution in [-0.4, -0.2) is 28.6 Å². The van der Waals surface area contributed by atoms with E-state index in [1.165, 1.54) is 26.4 Å². The number of nitrogens with one attached hydrogen (secondary N) is 1. The van der Waals surface area contributed by atoms with Crippen molar-refractivity contribution < 1.29 is 22.7 Å². The summed E-state index contributed by atoms with van der Waals surface area (Å²) in [7, 11) is -1.26. The van der Waals surface area contributed by atoms with Gasteiger partial charge in [0.05, 0.1) is 19.9 Å². The Morgan fingerprint density at radius 1 is 1.16 bits per heavy atom. The van der Waals surface area contributed by atoms with Crippen molar-refractivity contribution in [2.45, 2.75) is 18.2 Å². The quantitative estimate of drug-likeness (QED) is 0.711. The van der Waals surface area contributed by atoms with Crippen LogP contribution in [-0.2, 0) is 21.2 Å². The molecule has 0 aliphatic rings. The number of ether oxygens (including phenoxy) is 2. The topological polar surface area (TPSA) is 81.7 Å². The fourth-order valence-electron chi connectivity index (χ4n) is 2.39. The summed E-state index contributed by atoms with van der Waals surface area (Å²) in [5, 5.41) is 0. The number of halogens is 1. The van der Waals surface area contributed by atoms with Gasteiger partial charge in [0.25, 0.3) is 10.0 Å². The maximum absolute atomic E-state index is 12.7. The lowest BCUT2D eigenvalue weighted by atomic mass is 10.0. The number of aryl methyl sites for hydroxylation is 1. The summed E-state index contributed by atoms with van der Waals surface area (Å²) in [4.78, 5) is 12.3. The average Bonchev–Trinajstić information content (AvgIpc) is 2.60. The Balaban J connectivity index is 2.60. The number of benzene rings is 2. The summed E-state index contributed by atoms with van der Waals surface area (Å²) >= 11 is 3.22. The van der Waals surface area contributed by atoms with Gasteiger partial charge in [0, 0.05) is 4.47 Å². The van der Waals surface area contributed by atoms with Gasteiger partial charge in [-0.15, -0.1) is 0 Å². The summed E-state index contributed by atoms with van der Waals surface area (Å²) in [5.41, 5.74) is 0.906. The van der Waals surface area contributed by atoms with Gasteiger partial charge in [-0.3, -0.25) is 4.72 Å². The predicted molar refractivity (Wildman–Crippen MR) is 98.7 cm³/mol. The Bertz CT molecular complexity index is 896. The summed E-state index contributed by atoms with van der Waals surface area (Å²) in [6.07, 6.45) is 0.616. The van der Waals surface area contributed by atoms with Gasteiger partial charge < -0.3 is 9.47 Å². The molecule has 25 heavy (non-hydrogen) atoms. The molecular weight excluding hydrogens is 410 g/mol. The molecule has 0 spiro atoms. The third-order valence-corrected chi connectivity index (χ3v) is 5.96. The van der Waals surface area contributed by atoms with Crippen LogP contribution in [0.5, 0.6) is 5.75 Å². The SMILES string of the molecule is CCc1ccc(NS(=O)(=O)c2ccccc2Br)c(C(=O)OC)c1OC. The van der Waals surface area contributed by atoms with Gasteiger partial charge in [0.1, 0.15) is 16.2 Å². The first-order valence-corrected chi connectivity index (χ1v) is 9.68. The average molecular weight is 428 g/mol. The van der Waals surface area contributed by atoms with Crippen molar-refractivity contribution in [3.8, 4) is 5.75 Å². The van der Waals surface area contributed by atoms with Crippen molar-refractivity contribution in [3.05, 3.63) is 52.0 Å². The fraction of sp³-hybridized carbons (Fsp3) is 0.235. The molecule has 0 aromatic heterocycles. The second-order valence-corrected chi connectivity index (χ2v) is 7.57. The maximum atomic E-state index is 12.7. The van der Waals surface area contributed by atoms with Crippen LogP contribution < -0.4 is 9.46 Å². The highest BCUT2D eigenvalue weighted by molar-refractivity contribution is 9.10. The van der Waals surface area contributed by atoms with Crippen LogP contribution in [0.2, 0.25) is 0 Å². The van der Waals surface area contributed by atoms with Crippen molar-refractivity contribution >= 4 is 37.6 Å². The molecule has 0 bridgehead atoms. The van der Waals surface area contributed by atoms with Crippen molar-refractivity contribution in [3.63, 3.8) is 0 Å². The fourth-order valence-corrected chi connectivity index (χ4v) is 4.47. The predicted octanol–water partition coefficient (Wildman–Crippen LogP) is 3.61. The Morgan fingerprint density at radius 3 is 2.40 bits per heavy atom. The molecule has 134 valence electrons. The molecule has 8 heteroatoms. The highest BCUT2D eigenvalue weighted by Crippen LogP contribution is 2.33. The highest BCUT2D eigenvalue weighted by Gasteiger charge is 2.25. The minimum atomic E-state index is -3.91. The number of esters is 1. The van der Waals surface area contributed by atoms with E-state index >= 15 is 0 Å². The van der Waals surface area contributed by atoms with Gasteiger partial charge in [-0.2, -0.15) is 0 Å². The molecule has 0 amide bonds. The van der Waals surface area contributed by atoms with E-state index in [1.807, 2.05) is 6.92 Å². The van der Waals surface area contributed by atoms with Crippen LogP contribution >= 0.6 is 15.9 Å². The van der Waals surface area contributed by atoms with Crippen LogP contribution in [0.15, 0.2) is 45.8 Å². The number of sulfonamides is 1. The van der Waals surface area contributed by atoms with Crippen molar-refractivity contribution in [1.29, 1.82) is 0 Å². The van der Waals surface area contributed by atoms with Crippen LogP contribution in [0.3, 0.4) is 0 Å². The van der Waals surface area contributed by atoms with E-state index in [9.17, 15) is 13.2 Å². The largest absolute Gasteiger partial charge is 0.495 e. The first kappa shape index (κ1) is 19.3. The number of methoxy groups -OCH3 is 2. The molecule has 0 atom stereocenters. The molecule has 0 radical (unpaired) electrons. The normalized spacial score (nSPS) is 11.0. The Morgan fingerprint density at radius 2 is 1.84 bits per heavy atom. The molecule has 0 saturated heterocycles. The van der Waals surface area contributed by atoms with Crippen molar-refractivity contribution in [1.82, 2.24) is 0 Å². The van der Waals surface area contributed by atoms with Gasteiger partial charge in [0.2, 0.25) is 0 Å². The second kappa shape index (κ2) is 7.88. The van der Waals surface area contributed by atoms with E-state index in [-0.39, 0.29) is 16.1 Å². The van der Waals surface area contributed by atoms with Crippen LogP contribution in [0.1, 0.15) is 22.8 Å². The Labute approximate surface area is 155 Å². The lowest BCUT2D eigenvalue weighted by Gasteiger charge is -2.17. The molecule has 0 aliphatic heterocycles. The molecule has 0 heterocycles. The summed E-state index contributed by atoms with van der Waals surface area (Å²) in [6.45, 7) is 1.91. The molecule has 2 aromatic carbocycles. The number of carbonyl (C=O) groups excluding carboxylic acids is 1. The monoisotopic (exact) mass is 427 g/mol. The first-order chi connectivity index (χ1) is 11.9. The zero-order valence-electron chi connectivity index (χ0n) is 14.0. The molecule has 6 nitrogen and oxygen atoms in total. The molecule has 0 aliphatic carbocycles. The number of hydrogen-bond donors (Lipinski definition) is 1. The molecule has 2 rings (SSSR count). The maximum Gasteiger partial charge on any atom is 0.343 e. The first-order valence-electron chi connectivity index (χ1n) is 7.41. The standard InChI is InChI=1S/C17H18BrNO5S/c1-4-11-9-10-13(15(16(11)23-2)17(20)24-3)19-25(21,22)14-8-6-5-7-12(14)18/h5-10,19H,4H2,1-3H3. The van der Waals surface area contributed by atoms with Crippen LogP contribution in [0.4, 0.5) is 5.69 Å². The Hall–Kier alpha value is -2.06. The van der Waals surface area contributed by atoms with Gasteiger partial charge in [-0.25, -0.2) is 13.2 Å². The zero-order valence-corrected chi connectivity index (χ0v) is 16.4. The van der Waals surface area contributed by atoms with E-state index in [2.05, 4.69) is 20.7 Å². The Kier molecular flexibility index (Phi) is 6.07. The summed E-state index contributed by atoms with van der Waals surface area (Å²) in [5.74, 6) is -0.390. The molecular formula is C17H18BrNO5S. The van der Waals surface area contributed by atoms with E-state index in [1.54, 1.807) is 24.3 Å². The smallest absolute Gasteiger partial charge is 0.343 e. The van der Waals surface area contributed by atoms with E-state index in [4.69, 9.17) is 9.47 Å². The van der Waals surface area contributed by atoms with Gasteiger partial charge in [0.15, 0.2) is 0 Å². The third kappa shape index (κ3) is 3.96. The van der Waals surface area contributed by atoms with Crippen molar-refractivity contribution in [2.75, 3.05) is 18.9 Å². The second-order valence-electron chi connectivity index (χ2n) is 5.06. The molecule has 1 N–H and O–H groups in total. The highest BCUT2D eigenvalue weighted by atomic mass is 79.9.